The Labute approximate surface area is 161 Å². The number of halogens is 1. The van der Waals surface area contributed by atoms with Crippen LogP contribution in [-0.2, 0) is 27.5 Å². The van der Waals surface area contributed by atoms with Crippen molar-refractivity contribution in [2.24, 2.45) is 0 Å². The molecule has 136 valence electrons. The van der Waals surface area contributed by atoms with Crippen molar-refractivity contribution in [1.82, 2.24) is 0 Å². The molecule has 6 heteroatoms. The summed E-state index contributed by atoms with van der Waals surface area (Å²) in [5, 5.41) is 17.3. The van der Waals surface area contributed by atoms with Crippen LogP contribution < -0.4 is 9.47 Å². The molecule has 0 fully saturated rings. The molecule has 1 unspecified atom stereocenters. The number of aliphatic hydroxyl groups excluding tert-OH is 2. The van der Waals surface area contributed by atoms with Crippen LogP contribution in [0.5, 0.6) is 11.5 Å². The van der Waals surface area contributed by atoms with E-state index in [0.717, 1.165) is 23.3 Å². The summed E-state index contributed by atoms with van der Waals surface area (Å²) >= 11 is 0. The van der Waals surface area contributed by atoms with Crippen LogP contribution in [0, 0.1) is 6.42 Å². The maximum absolute atomic E-state index is 12.9. The zero-order valence-corrected chi connectivity index (χ0v) is 16.7. The van der Waals surface area contributed by atoms with E-state index in [2.05, 4.69) is 0 Å². The standard InChI is InChI=1S/C19H22FO4.W/c20-17(13-22)14-24-19-8-4-16(5-9-19)12-15-2-6-18(7-3-15)23-11-1-10-21;/h1-9,17,21-22H,10-14H2;/q-1;. The van der Waals surface area contributed by atoms with E-state index < -0.39 is 12.8 Å². The first kappa shape index (κ1) is 21.6. The second kappa shape index (κ2) is 12.0. The smallest absolute Gasteiger partial charge is 0.157 e. The molecule has 2 rings (SSSR count). The van der Waals surface area contributed by atoms with E-state index in [0.29, 0.717) is 12.4 Å². The molecule has 25 heavy (non-hydrogen) atoms. The van der Waals surface area contributed by atoms with Gasteiger partial charge in [-0.2, -0.15) is 0 Å². The molecule has 4 nitrogen and oxygen atoms in total. The normalized spacial score (nSPS) is 11.5. The molecule has 2 aromatic rings. The van der Waals surface area contributed by atoms with Crippen LogP contribution in [0.2, 0.25) is 0 Å². The number of ether oxygens (including phenoxy) is 2. The predicted molar refractivity (Wildman–Crippen MR) is 90.0 cm³/mol. The number of benzene rings is 2. The molecule has 0 aliphatic carbocycles. The minimum absolute atomic E-state index is 0. The first-order valence-corrected chi connectivity index (χ1v) is 7.82. The van der Waals surface area contributed by atoms with Crippen molar-refractivity contribution in [3.8, 4) is 11.5 Å². The molecular formula is C19H22FO4W-. The number of rotatable bonds is 10. The number of hydrogen-bond donors (Lipinski definition) is 2. The number of hydrogen-bond acceptors (Lipinski definition) is 4. The largest absolute Gasteiger partial charge is 0.525 e. The Morgan fingerprint density at radius 2 is 1.40 bits per heavy atom. The van der Waals surface area contributed by atoms with Crippen molar-refractivity contribution < 1.29 is 45.1 Å². The molecule has 0 heterocycles. The van der Waals surface area contributed by atoms with E-state index in [9.17, 15) is 4.39 Å². The van der Waals surface area contributed by atoms with Gasteiger partial charge < -0.3 is 19.7 Å². The fraction of sp³-hybridized carbons (Fsp3) is 0.316. The fourth-order valence-corrected chi connectivity index (χ4v) is 2.09. The Morgan fingerprint density at radius 3 is 1.88 bits per heavy atom. The SMILES string of the molecule is OC[CH-]COc1ccc(Cc2ccc(OCC(F)CO)cc2)cc1.[W]. The van der Waals surface area contributed by atoms with Gasteiger partial charge in [0.2, 0.25) is 0 Å². The van der Waals surface area contributed by atoms with E-state index in [4.69, 9.17) is 19.7 Å². The molecule has 0 radical (unpaired) electrons. The van der Waals surface area contributed by atoms with Crippen LogP contribution in [0.1, 0.15) is 11.1 Å². The van der Waals surface area contributed by atoms with E-state index in [1.54, 1.807) is 18.6 Å². The molecule has 0 aliphatic rings. The van der Waals surface area contributed by atoms with E-state index in [-0.39, 0.29) is 34.3 Å². The van der Waals surface area contributed by atoms with Gasteiger partial charge in [-0.3, -0.25) is 6.42 Å². The number of aliphatic hydroxyl groups is 2. The summed E-state index contributed by atoms with van der Waals surface area (Å²) in [7, 11) is 0. The summed E-state index contributed by atoms with van der Waals surface area (Å²) in [5.41, 5.74) is 2.26. The van der Waals surface area contributed by atoms with Gasteiger partial charge in [-0.05, 0) is 48.4 Å². The first-order chi connectivity index (χ1) is 11.7. The van der Waals surface area contributed by atoms with Crippen molar-refractivity contribution in [2.45, 2.75) is 12.6 Å². The van der Waals surface area contributed by atoms with Crippen LogP contribution in [0.4, 0.5) is 4.39 Å². The zero-order chi connectivity index (χ0) is 17.2. The summed E-state index contributed by atoms with van der Waals surface area (Å²) < 4.78 is 23.6. The van der Waals surface area contributed by atoms with Gasteiger partial charge in [0.15, 0.2) is 6.17 Å². The van der Waals surface area contributed by atoms with Gasteiger partial charge in [0, 0.05) is 21.1 Å². The zero-order valence-electron chi connectivity index (χ0n) is 13.8. The maximum atomic E-state index is 12.9. The molecular weight excluding hydrogens is 495 g/mol. The molecule has 0 amide bonds. The second-order valence-corrected chi connectivity index (χ2v) is 5.34. The summed E-state index contributed by atoms with van der Waals surface area (Å²) in [5.74, 6) is 1.34. The molecule has 2 aromatic carbocycles. The molecule has 1 atom stereocenters. The van der Waals surface area contributed by atoms with Gasteiger partial charge in [0.05, 0.1) is 6.61 Å². The average molecular weight is 517 g/mol. The molecule has 0 saturated carbocycles. The summed E-state index contributed by atoms with van der Waals surface area (Å²) in [6.45, 7) is -0.294. The first-order valence-electron chi connectivity index (χ1n) is 7.82. The predicted octanol–water partition coefficient (Wildman–Crippen LogP) is 2.56. The topological polar surface area (TPSA) is 58.9 Å². The third-order valence-electron chi connectivity index (χ3n) is 3.38. The molecule has 0 saturated heterocycles. The van der Waals surface area contributed by atoms with E-state index >= 15 is 0 Å². The summed E-state index contributed by atoms with van der Waals surface area (Å²) in [4.78, 5) is 0. The summed E-state index contributed by atoms with van der Waals surface area (Å²) in [6.07, 6.45) is 1.05. The minimum Gasteiger partial charge on any atom is -0.525 e. The van der Waals surface area contributed by atoms with Gasteiger partial charge in [0.1, 0.15) is 18.1 Å². The van der Waals surface area contributed by atoms with Crippen molar-refractivity contribution in [3.63, 3.8) is 0 Å². The Balaban J connectivity index is 0.00000312. The molecule has 0 bridgehead atoms. The molecule has 2 N–H and O–H groups in total. The van der Waals surface area contributed by atoms with Crippen molar-refractivity contribution in [1.29, 1.82) is 0 Å². The van der Waals surface area contributed by atoms with Crippen LogP contribution in [0.3, 0.4) is 0 Å². The average Bonchev–Trinajstić information content (AvgIpc) is 2.62. The maximum Gasteiger partial charge on any atom is 0.157 e. The van der Waals surface area contributed by atoms with E-state index in [1.165, 1.54) is 0 Å². The van der Waals surface area contributed by atoms with Crippen LogP contribution in [-0.4, -0.2) is 42.8 Å². The Hall–Kier alpha value is -1.42. The van der Waals surface area contributed by atoms with Crippen molar-refractivity contribution >= 4 is 0 Å². The molecule has 0 aromatic heterocycles. The van der Waals surface area contributed by atoms with Crippen LogP contribution >= 0.6 is 0 Å². The van der Waals surface area contributed by atoms with E-state index in [1.807, 2.05) is 36.4 Å². The van der Waals surface area contributed by atoms with Gasteiger partial charge in [-0.25, -0.2) is 4.39 Å². The van der Waals surface area contributed by atoms with Gasteiger partial charge in [-0.15, -0.1) is 0 Å². The van der Waals surface area contributed by atoms with Crippen LogP contribution in [0.15, 0.2) is 48.5 Å². The fourth-order valence-electron chi connectivity index (χ4n) is 2.09. The number of alkyl halides is 1. The van der Waals surface area contributed by atoms with Gasteiger partial charge in [0.25, 0.3) is 0 Å². The Bertz CT molecular complexity index is 589. The third-order valence-corrected chi connectivity index (χ3v) is 3.38. The van der Waals surface area contributed by atoms with Crippen molar-refractivity contribution in [3.05, 3.63) is 66.1 Å². The van der Waals surface area contributed by atoms with Gasteiger partial charge >= 0.3 is 0 Å². The Morgan fingerprint density at radius 1 is 0.880 bits per heavy atom. The minimum atomic E-state index is -1.36. The second-order valence-electron chi connectivity index (χ2n) is 5.34. The monoisotopic (exact) mass is 517 g/mol. The van der Waals surface area contributed by atoms with Gasteiger partial charge in [-0.1, -0.05) is 30.9 Å². The summed E-state index contributed by atoms with van der Waals surface area (Å²) in [6, 6.07) is 15.2. The third kappa shape index (κ3) is 8.00. The van der Waals surface area contributed by atoms with Crippen LogP contribution in [0.25, 0.3) is 0 Å². The molecule has 0 spiro atoms. The quantitative estimate of drug-likeness (QED) is 0.376. The molecule has 0 aliphatic heterocycles. The Kier molecular flexibility index (Phi) is 10.4. The van der Waals surface area contributed by atoms with Crippen molar-refractivity contribution in [2.75, 3.05) is 26.4 Å².